The number of halogens is 1. The van der Waals surface area contributed by atoms with Crippen molar-refractivity contribution in [2.45, 2.75) is 13.1 Å². The quantitative estimate of drug-likeness (QED) is 0.797. The minimum absolute atomic E-state index is 0.398. The van der Waals surface area contributed by atoms with Crippen molar-refractivity contribution in [3.05, 3.63) is 40.1 Å². The van der Waals surface area contributed by atoms with Crippen molar-refractivity contribution >= 4 is 33.2 Å². The van der Waals surface area contributed by atoms with Crippen LogP contribution >= 0.6 is 22.9 Å². The molecular formula is C11H10ClN5S. The van der Waals surface area contributed by atoms with Gasteiger partial charge in [0.15, 0.2) is 0 Å². The third-order valence-corrected chi connectivity index (χ3v) is 3.73. The summed E-state index contributed by atoms with van der Waals surface area (Å²) in [4.78, 5) is 4.52. The Bertz CT molecular complexity index is 690. The monoisotopic (exact) mass is 279 g/mol. The molecule has 18 heavy (non-hydrogen) atoms. The summed E-state index contributed by atoms with van der Waals surface area (Å²) < 4.78 is 2.82. The normalized spacial score (nSPS) is 11.2. The van der Waals surface area contributed by atoms with Gasteiger partial charge in [0, 0.05) is 11.6 Å². The van der Waals surface area contributed by atoms with Crippen LogP contribution in [0, 0.1) is 0 Å². The first-order chi connectivity index (χ1) is 8.74. The maximum absolute atomic E-state index is 5.95. The van der Waals surface area contributed by atoms with Crippen LogP contribution in [0.4, 0.5) is 0 Å². The second-order valence-corrected chi connectivity index (χ2v) is 5.38. The molecule has 5 nitrogen and oxygen atoms in total. The van der Waals surface area contributed by atoms with Crippen LogP contribution in [0.1, 0.15) is 10.7 Å². The molecule has 0 spiro atoms. The lowest BCUT2D eigenvalue weighted by Crippen LogP contribution is -1.99. The number of thiazole rings is 1. The Morgan fingerprint density at radius 1 is 1.39 bits per heavy atom. The fraction of sp³-hybridized carbons (Fsp3) is 0.182. The van der Waals surface area contributed by atoms with Crippen LogP contribution in [0.5, 0.6) is 0 Å². The molecule has 0 unspecified atom stereocenters. The first kappa shape index (κ1) is 11.6. The van der Waals surface area contributed by atoms with E-state index in [0.29, 0.717) is 13.1 Å². The first-order valence-corrected chi connectivity index (χ1v) is 6.58. The zero-order valence-corrected chi connectivity index (χ0v) is 10.9. The maximum Gasteiger partial charge on any atom is 0.115 e. The number of rotatable bonds is 3. The second kappa shape index (κ2) is 4.64. The highest BCUT2D eigenvalue weighted by Crippen LogP contribution is 2.25. The number of fused-ring (bicyclic) bond motifs is 1. The highest BCUT2D eigenvalue weighted by atomic mass is 35.5. The van der Waals surface area contributed by atoms with Crippen molar-refractivity contribution in [3.63, 3.8) is 0 Å². The van der Waals surface area contributed by atoms with Gasteiger partial charge in [-0.25, -0.2) is 9.67 Å². The van der Waals surface area contributed by atoms with E-state index in [9.17, 15) is 0 Å². The molecule has 0 bridgehead atoms. The van der Waals surface area contributed by atoms with Crippen molar-refractivity contribution in [1.29, 1.82) is 0 Å². The molecule has 3 rings (SSSR count). The fourth-order valence-electron chi connectivity index (χ4n) is 1.66. The van der Waals surface area contributed by atoms with Gasteiger partial charge in [0.2, 0.25) is 0 Å². The third-order valence-electron chi connectivity index (χ3n) is 2.49. The minimum atomic E-state index is 0.398. The Kier molecular flexibility index (Phi) is 2.99. The van der Waals surface area contributed by atoms with E-state index in [0.717, 1.165) is 25.9 Å². The van der Waals surface area contributed by atoms with Crippen molar-refractivity contribution in [2.24, 2.45) is 5.73 Å². The fourth-order valence-corrected chi connectivity index (χ4v) is 2.90. The molecular weight excluding hydrogens is 270 g/mol. The molecule has 3 aromatic rings. The van der Waals surface area contributed by atoms with Gasteiger partial charge in [-0.05, 0) is 18.2 Å². The van der Waals surface area contributed by atoms with E-state index in [4.69, 9.17) is 17.3 Å². The molecule has 0 aliphatic rings. The predicted octanol–water partition coefficient (Wildman–Crippen LogP) is 2.05. The van der Waals surface area contributed by atoms with Gasteiger partial charge in [-0.1, -0.05) is 16.8 Å². The topological polar surface area (TPSA) is 69.6 Å². The van der Waals surface area contributed by atoms with Gasteiger partial charge >= 0.3 is 0 Å². The molecule has 2 heterocycles. The molecule has 7 heteroatoms. The summed E-state index contributed by atoms with van der Waals surface area (Å²) in [6.07, 6.45) is 1.83. The summed E-state index contributed by atoms with van der Waals surface area (Å²) in [5, 5.41) is 9.64. The summed E-state index contributed by atoms with van der Waals surface area (Å²) in [7, 11) is 0. The van der Waals surface area contributed by atoms with E-state index in [1.54, 1.807) is 16.0 Å². The van der Waals surface area contributed by atoms with Gasteiger partial charge in [-0.2, -0.15) is 0 Å². The molecule has 0 saturated heterocycles. The molecule has 0 aliphatic heterocycles. The summed E-state index contributed by atoms with van der Waals surface area (Å²) in [5.74, 6) is 0. The maximum atomic E-state index is 5.95. The zero-order valence-electron chi connectivity index (χ0n) is 9.38. The number of hydrogen-bond acceptors (Lipinski definition) is 5. The van der Waals surface area contributed by atoms with E-state index < -0.39 is 0 Å². The van der Waals surface area contributed by atoms with E-state index in [2.05, 4.69) is 15.3 Å². The molecule has 0 atom stereocenters. The van der Waals surface area contributed by atoms with Gasteiger partial charge in [0.1, 0.15) is 5.01 Å². The van der Waals surface area contributed by atoms with Gasteiger partial charge in [-0.3, -0.25) is 0 Å². The van der Waals surface area contributed by atoms with Crippen LogP contribution in [0.15, 0.2) is 24.4 Å². The summed E-state index contributed by atoms with van der Waals surface area (Å²) in [6, 6.07) is 5.68. The van der Waals surface area contributed by atoms with Gasteiger partial charge in [-0.15, -0.1) is 16.4 Å². The van der Waals surface area contributed by atoms with Crippen LogP contribution in [0.2, 0.25) is 5.02 Å². The van der Waals surface area contributed by atoms with E-state index in [-0.39, 0.29) is 0 Å². The standard InChI is InChI=1S/C11H10ClN5S/c12-7-1-2-9-10(3-7)18-11(14-9)6-17-5-8(4-13)15-16-17/h1-3,5H,4,6,13H2. The largest absolute Gasteiger partial charge is 0.325 e. The SMILES string of the molecule is NCc1cn(Cc2nc3ccc(Cl)cc3s2)nn1. The van der Waals surface area contributed by atoms with E-state index in [1.165, 1.54) is 0 Å². The molecule has 0 radical (unpaired) electrons. The van der Waals surface area contributed by atoms with Crippen LogP contribution in [0.3, 0.4) is 0 Å². The Morgan fingerprint density at radius 3 is 3.06 bits per heavy atom. The number of nitrogens with two attached hydrogens (primary N) is 1. The number of nitrogens with zero attached hydrogens (tertiary/aromatic N) is 4. The Hall–Kier alpha value is -1.50. The number of aromatic nitrogens is 4. The smallest absolute Gasteiger partial charge is 0.115 e. The van der Waals surface area contributed by atoms with E-state index in [1.807, 2.05) is 24.4 Å². The number of benzene rings is 1. The molecule has 0 amide bonds. The first-order valence-electron chi connectivity index (χ1n) is 5.38. The highest BCUT2D eigenvalue weighted by molar-refractivity contribution is 7.18. The number of hydrogen-bond donors (Lipinski definition) is 1. The van der Waals surface area contributed by atoms with Gasteiger partial charge < -0.3 is 5.73 Å². The van der Waals surface area contributed by atoms with Crippen molar-refractivity contribution in [3.8, 4) is 0 Å². The van der Waals surface area contributed by atoms with E-state index >= 15 is 0 Å². The second-order valence-electron chi connectivity index (χ2n) is 3.83. The Balaban J connectivity index is 1.90. The summed E-state index contributed by atoms with van der Waals surface area (Å²) in [6.45, 7) is 0.999. The average molecular weight is 280 g/mol. The minimum Gasteiger partial charge on any atom is -0.325 e. The van der Waals surface area contributed by atoms with Crippen LogP contribution in [-0.2, 0) is 13.1 Å². The predicted molar refractivity (Wildman–Crippen MR) is 71.6 cm³/mol. The molecule has 1 aromatic carbocycles. The summed E-state index contributed by atoms with van der Waals surface area (Å²) >= 11 is 7.56. The highest BCUT2D eigenvalue weighted by Gasteiger charge is 2.06. The molecule has 92 valence electrons. The van der Waals surface area contributed by atoms with Crippen LogP contribution < -0.4 is 5.73 Å². The van der Waals surface area contributed by atoms with Crippen molar-refractivity contribution in [1.82, 2.24) is 20.0 Å². The lowest BCUT2D eigenvalue weighted by molar-refractivity contribution is 0.647. The molecule has 2 N–H and O–H groups in total. The van der Waals surface area contributed by atoms with Crippen molar-refractivity contribution < 1.29 is 0 Å². The van der Waals surface area contributed by atoms with Gasteiger partial charge in [0.05, 0.1) is 28.7 Å². The van der Waals surface area contributed by atoms with Crippen LogP contribution in [0.25, 0.3) is 10.2 Å². The Labute approximate surface area is 112 Å². The third kappa shape index (κ3) is 2.22. The van der Waals surface area contributed by atoms with Crippen LogP contribution in [-0.4, -0.2) is 20.0 Å². The van der Waals surface area contributed by atoms with Gasteiger partial charge in [0.25, 0.3) is 0 Å². The molecule has 0 fully saturated rings. The molecule has 0 aliphatic carbocycles. The molecule has 0 saturated carbocycles. The Morgan fingerprint density at radius 2 is 2.28 bits per heavy atom. The summed E-state index contributed by atoms with van der Waals surface area (Å²) in [5.41, 5.74) is 7.22. The molecule has 2 aromatic heterocycles. The lowest BCUT2D eigenvalue weighted by atomic mass is 10.3. The average Bonchev–Trinajstić information content (AvgIpc) is 2.95. The zero-order chi connectivity index (χ0) is 12.5. The van der Waals surface area contributed by atoms with Crippen molar-refractivity contribution in [2.75, 3.05) is 0 Å². The lowest BCUT2D eigenvalue weighted by Gasteiger charge is -1.93.